The normalized spacial score (nSPS) is 10.9. The van der Waals surface area contributed by atoms with Crippen molar-refractivity contribution in [2.45, 2.75) is 4.90 Å². The molecule has 0 unspecified atom stereocenters. The molecule has 0 bridgehead atoms. The summed E-state index contributed by atoms with van der Waals surface area (Å²) in [5, 5.41) is 2.40. The number of amides is 1. The van der Waals surface area contributed by atoms with Gasteiger partial charge in [0, 0.05) is 5.69 Å². The van der Waals surface area contributed by atoms with Crippen LogP contribution in [0.2, 0.25) is 0 Å². The van der Waals surface area contributed by atoms with Crippen molar-refractivity contribution in [2.24, 2.45) is 0 Å². The van der Waals surface area contributed by atoms with E-state index in [4.69, 9.17) is 4.74 Å². The number of halogens is 1. The average Bonchev–Trinajstić information content (AvgIpc) is 2.69. The highest BCUT2D eigenvalue weighted by molar-refractivity contribution is 7.92. The summed E-state index contributed by atoms with van der Waals surface area (Å²) in [6, 6.07) is 19.9. The van der Waals surface area contributed by atoms with Crippen LogP contribution in [-0.4, -0.2) is 20.9 Å². The van der Waals surface area contributed by atoms with E-state index in [1.54, 1.807) is 36.4 Å². The SMILES string of the molecule is O=C(COc1ccc(S(=O)(=O)Nc2ccccc2)cc1)Nc1ccccc1F. The van der Waals surface area contributed by atoms with Gasteiger partial charge in [-0.2, -0.15) is 0 Å². The highest BCUT2D eigenvalue weighted by Crippen LogP contribution is 2.19. The molecular weight excluding hydrogens is 383 g/mol. The molecule has 3 aromatic rings. The maximum atomic E-state index is 13.5. The van der Waals surface area contributed by atoms with Gasteiger partial charge >= 0.3 is 0 Å². The summed E-state index contributed by atoms with van der Waals surface area (Å²) in [7, 11) is -3.73. The lowest BCUT2D eigenvalue weighted by Crippen LogP contribution is -2.20. The number of hydrogen-bond acceptors (Lipinski definition) is 4. The fourth-order valence-electron chi connectivity index (χ4n) is 2.33. The van der Waals surface area contributed by atoms with Gasteiger partial charge in [-0.3, -0.25) is 9.52 Å². The molecule has 0 aliphatic carbocycles. The summed E-state index contributed by atoms with van der Waals surface area (Å²) >= 11 is 0. The van der Waals surface area contributed by atoms with E-state index in [0.29, 0.717) is 11.4 Å². The number of rotatable bonds is 7. The Labute approximate surface area is 162 Å². The molecule has 0 aliphatic rings. The van der Waals surface area contributed by atoms with Crippen molar-refractivity contribution in [1.29, 1.82) is 0 Å². The van der Waals surface area contributed by atoms with Crippen LogP contribution in [0.25, 0.3) is 0 Å². The zero-order chi connectivity index (χ0) is 20.0. The molecule has 6 nitrogen and oxygen atoms in total. The van der Waals surface area contributed by atoms with Crippen molar-refractivity contribution in [3.63, 3.8) is 0 Å². The number of benzene rings is 3. The van der Waals surface area contributed by atoms with Gasteiger partial charge in [0.05, 0.1) is 10.6 Å². The number of anilines is 2. The third-order valence-electron chi connectivity index (χ3n) is 3.68. The van der Waals surface area contributed by atoms with Crippen LogP contribution < -0.4 is 14.8 Å². The molecule has 2 N–H and O–H groups in total. The van der Waals surface area contributed by atoms with Crippen LogP contribution in [0.3, 0.4) is 0 Å². The molecule has 3 rings (SSSR count). The molecule has 0 saturated heterocycles. The Balaban J connectivity index is 1.58. The molecule has 0 fully saturated rings. The van der Waals surface area contributed by atoms with Gasteiger partial charge < -0.3 is 10.1 Å². The standard InChI is InChI=1S/C20H17FN2O4S/c21-18-8-4-5-9-19(18)22-20(24)14-27-16-10-12-17(13-11-16)28(25,26)23-15-6-2-1-3-7-15/h1-13,23H,14H2,(H,22,24). The van der Waals surface area contributed by atoms with Gasteiger partial charge in [0.1, 0.15) is 11.6 Å². The summed E-state index contributed by atoms with van der Waals surface area (Å²) in [6.45, 7) is -0.345. The third kappa shape index (κ3) is 5.08. The summed E-state index contributed by atoms with van der Waals surface area (Å²) in [5.41, 5.74) is 0.511. The van der Waals surface area contributed by atoms with Gasteiger partial charge in [0.2, 0.25) is 0 Å². The Kier molecular flexibility index (Phi) is 5.90. The average molecular weight is 400 g/mol. The van der Waals surface area contributed by atoms with E-state index in [1.165, 1.54) is 42.5 Å². The lowest BCUT2D eigenvalue weighted by molar-refractivity contribution is -0.118. The highest BCUT2D eigenvalue weighted by atomic mass is 32.2. The van der Waals surface area contributed by atoms with Crippen LogP contribution in [0, 0.1) is 5.82 Å². The molecule has 0 spiro atoms. The minimum atomic E-state index is -3.73. The van der Waals surface area contributed by atoms with Crippen LogP contribution in [0.5, 0.6) is 5.75 Å². The van der Waals surface area contributed by atoms with E-state index in [-0.39, 0.29) is 17.2 Å². The first-order valence-electron chi connectivity index (χ1n) is 8.29. The largest absolute Gasteiger partial charge is 0.484 e. The lowest BCUT2D eigenvalue weighted by atomic mass is 10.3. The van der Waals surface area contributed by atoms with E-state index in [0.717, 1.165) is 0 Å². The van der Waals surface area contributed by atoms with E-state index < -0.39 is 21.7 Å². The quantitative estimate of drug-likeness (QED) is 0.634. The Morgan fingerprint density at radius 2 is 1.54 bits per heavy atom. The molecule has 1 amide bonds. The maximum Gasteiger partial charge on any atom is 0.262 e. The number of nitrogens with one attached hydrogen (secondary N) is 2. The number of hydrogen-bond donors (Lipinski definition) is 2. The first-order chi connectivity index (χ1) is 13.4. The van der Waals surface area contributed by atoms with Crippen molar-refractivity contribution < 1.29 is 22.3 Å². The zero-order valence-electron chi connectivity index (χ0n) is 14.6. The maximum absolute atomic E-state index is 13.5. The van der Waals surface area contributed by atoms with Gasteiger partial charge in [-0.05, 0) is 48.5 Å². The van der Waals surface area contributed by atoms with E-state index >= 15 is 0 Å². The van der Waals surface area contributed by atoms with Crippen LogP contribution in [-0.2, 0) is 14.8 Å². The van der Waals surface area contributed by atoms with Crippen molar-refractivity contribution in [3.05, 3.63) is 84.7 Å². The zero-order valence-corrected chi connectivity index (χ0v) is 15.4. The molecule has 0 heterocycles. The second kappa shape index (κ2) is 8.53. The van der Waals surface area contributed by atoms with Gasteiger partial charge in [0.25, 0.3) is 15.9 Å². The fourth-order valence-corrected chi connectivity index (χ4v) is 3.39. The summed E-state index contributed by atoms with van der Waals surface area (Å²) in [5.74, 6) is -0.772. The molecular formula is C20H17FN2O4S. The lowest BCUT2D eigenvalue weighted by Gasteiger charge is -2.10. The Morgan fingerprint density at radius 1 is 0.893 bits per heavy atom. The number of ether oxygens (including phenoxy) is 1. The molecule has 8 heteroatoms. The molecule has 28 heavy (non-hydrogen) atoms. The van der Waals surface area contributed by atoms with Crippen molar-refractivity contribution in [3.8, 4) is 5.75 Å². The first-order valence-corrected chi connectivity index (χ1v) is 9.77. The monoisotopic (exact) mass is 400 g/mol. The molecule has 3 aromatic carbocycles. The van der Waals surface area contributed by atoms with E-state index in [9.17, 15) is 17.6 Å². The Bertz CT molecular complexity index is 1060. The minimum absolute atomic E-state index is 0.0551. The second-order valence-electron chi connectivity index (χ2n) is 5.76. The van der Waals surface area contributed by atoms with E-state index in [2.05, 4.69) is 10.0 Å². The second-order valence-corrected chi connectivity index (χ2v) is 7.44. The smallest absolute Gasteiger partial charge is 0.262 e. The fraction of sp³-hybridized carbons (Fsp3) is 0.0500. The van der Waals surface area contributed by atoms with Crippen molar-refractivity contribution >= 4 is 27.3 Å². The minimum Gasteiger partial charge on any atom is -0.484 e. The molecule has 0 saturated carbocycles. The summed E-state index contributed by atoms with van der Waals surface area (Å²) in [6.07, 6.45) is 0. The first kappa shape index (κ1) is 19.4. The predicted octanol–water partition coefficient (Wildman–Crippen LogP) is 3.64. The highest BCUT2D eigenvalue weighted by Gasteiger charge is 2.14. The Morgan fingerprint density at radius 3 is 2.21 bits per heavy atom. The van der Waals surface area contributed by atoms with Gasteiger partial charge in [-0.15, -0.1) is 0 Å². The van der Waals surface area contributed by atoms with Crippen molar-refractivity contribution in [2.75, 3.05) is 16.6 Å². The number of para-hydroxylation sites is 2. The van der Waals surface area contributed by atoms with Crippen LogP contribution >= 0.6 is 0 Å². The number of carbonyl (C=O) groups is 1. The molecule has 0 radical (unpaired) electrons. The topological polar surface area (TPSA) is 84.5 Å². The molecule has 0 aliphatic heterocycles. The molecule has 144 valence electrons. The van der Waals surface area contributed by atoms with Crippen LogP contribution in [0.4, 0.5) is 15.8 Å². The molecule has 0 atom stereocenters. The summed E-state index contributed by atoms with van der Waals surface area (Å²) < 4.78 is 46.0. The summed E-state index contributed by atoms with van der Waals surface area (Å²) in [4.78, 5) is 11.9. The van der Waals surface area contributed by atoms with Gasteiger partial charge in [0.15, 0.2) is 6.61 Å². The molecule has 0 aromatic heterocycles. The number of carbonyl (C=O) groups excluding carboxylic acids is 1. The third-order valence-corrected chi connectivity index (χ3v) is 5.08. The van der Waals surface area contributed by atoms with Crippen molar-refractivity contribution in [1.82, 2.24) is 0 Å². The van der Waals surface area contributed by atoms with Crippen LogP contribution in [0.1, 0.15) is 0 Å². The van der Waals surface area contributed by atoms with Crippen LogP contribution in [0.15, 0.2) is 83.8 Å². The number of sulfonamides is 1. The predicted molar refractivity (Wildman–Crippen MR) is 104 cm³/mol. The van der Waals surface area contributed by atoms with Gasteiger partial charge in [-0.1, -0.05) is 30.3 Å². The van der Waals surface area contributed by atoms with E-state index in [1.807, 2.05) is 0 Å². The Hall–Kier alpha value is -3.39. The van der Waals surface area contributed by atoms with Gasteiger partial charge in [-0.25, -0.2) is 12.8 Å².